The molecule has 0 aliphatic heterocycles. The first-order valence-corrected chi connectivity index (χ1v) is 8.72. The smallest absolute Gasteiger partial charge is 0.333 e. The van der Waals surface area contributed by atoms with Gasteiger partial charge in [-0.3, -0.25) is 4.55 Å². The Kier molecular flexibility index (Phi) is 4.23. The van der Waals surface area contributed by atoms with E-state index in [-0.39, 0.29) is 18.5 Å². The van der Waals surface area contributed by atoms with E-state index in [2.05, 4.69) is 15.3 Å². The summed E-state index contributed by atoms with van der Waals surface area (Å²) >= 11 is 0. The summed E-state index contributed by atoms with van der Waals surface area (Å²) in [5.74, 6) is 0.474. The van der Waals surface area contributed by atoms with Crippen LogP contribution in [0.4, 0.5) is 5.82 Å². The summed E-state index contributed by atoms with van der Waals surface area (Å²) < 4.78 is 34.4. The van der Waals surface area contributed by atoms with Gasteiger partial charge in [0.25, 0.3) is 0 Å². The second-order valence-corrected chi connectivity index (χ2v) is 6.95. The van der Waals surface area contributed by atoms with Gasteiger partial charge in [0.1, 0.15) is 17.8 Å². The number of aliphatic hydroxyl groups is 1. The highest BCUT2D eigenvalue weighted by Gasteiger charge is 2.35. The zero-order valence-corrected chi connectivity index (χ0v) is 13.4. The zero-order chi connectivity index (χ0) is 16.6. The van der Waals surface area contributed by atoms with Crippen LogP contribution in [0.3, 0.4) is 0 Å². The van der Waals surface area contributed by atoms with Crippen molar-refractivity contribution in [1.29, 1.82) is 0 Å². The van der Waals surface area contributed by atoms with Crippen molar-refractivity contribution in [3.8, 4) is 0 Å². The number of hydrogen-bond donors (Lipinski definition) is 4. The maximum absolute atomic E-state index is 10.8. The lowest BCUT2D eigenvalue weighted by Gasteiger charge is -2.14. The summed E-state index contributed by atoms with van der Waals surface area (Å²) in [4.78, 5) is 8.47. The average molecular weight is 341 g/mol. The monoisotopic (exact) mass is 341 g/mol. The van der Waals surface area contributed by atoms with Crippen molar-refractivity contribution in [2.24, 2.45) is 5.92 Å². The molecule has 23 heavy (non-hydrogen) atoms. The van der Waals surface area contributed by atoms with E-state index in [1.54, 1.807) is 7.05 Å². The molecule has 1 saturated carbocycles. The van der Waals surface area contributed by atoms with Gasteiger partial charge in [0.2, 0.25) is 0 Å². The second kappa shape index (κ2) is 6.04. The highest BCUT2D eigenvalue weighted by molar-refractivity contribution is 7.83. The van der Waals surface area contributed by atoms with Gasteiger partial charge in [-0.2, -0.15) is 13.1 Å². The normalized spacial score (nSPS) is 25.1. The summed E-state index contributed by atoms with van der Waals surface area (Å²) in [6.45, 7) is 0.00640. The molecule has 126 valence electrons. The predicted molar refractivity (Wildman–Crippen MR) is 84.4 cm³/mol. The van der Waals surface area contributed by atoms with Crippen molar-refractivity contribution in [1.82, 2.24) is 19.3 Å². The van der Waals surface area contributed by atoms with E-state index in [0.29, 0.717) is 12.8 Å². The van der Waals surface area contributed by atoms with Gasteiger partial charge in [-0.15, -0.1) is 0 Å². The van der Waals surface area contributed by atoms with Gasteiger partial charge in [0.05, 0.1) is 11.5 Å². The van der Waals surface area contributed by atoms with Gasteiger partial charge in [0, 0.05) is 31.7 Å². The first-order valence-electron chi connectivity index (χ1n) is 7.28. The van der Waals surface area contributed by atoms with Gasteiger partial charge < -0.3 is 15.0 Å². The van der Waals surface area contributed by atoms with Crippen LogP contribution < -0.4 is 10.0 Å². The molecule has 0 saturated heterocycles. The van der Waals surface area contributed by atoms with Crippen LogP contribution in [-0.4, -0.2) is 52.3 Å². The summed E-state index contributed by atoms with van der Waals surface area (Å²) in [6, 6.07) is 1.92. The van der Waals surface area contributed by atoms with Crippen molar-refractivity contribution in [3.05, 3.63) is 18.6 Å². The van der Waals surface area contributed by atoms with Crippen molar-refractivity contribution in [2.75, 3.05) is 18.9 Å². The highest BCUT2D eigenvalue weighted by Crippen LogP contribution is 2.37. The molecule has 1 aliphatic carbocycles. The van der Waals surface area contributed by atoms with Crippen LogP contribution in [0.2, 0.25) is 0 Å². The Morgan fingerprint density at radius 3 is 2.87 bits per heavy atom. The minimum absolute atomic E-state index is 0.00640. The van der Waals surface area contributed by atoms with Gasteiger partial charge >= 0.3 is 10.3 Å². The lowest BCUT2D eigenvalue weighted by molar-refractivity contribution is 0.133. The van der Waals surface area contributed by atoms with Gasteiger partial charge in [-0.1, -0.05) is 0 Å². The third-order valence-electron chi connectivity index (χ3n) is 4.30. The zero-order valence-electron chi connectivity index (χ0n) is 12.5. The molecule has 1 aliphatic rings. The lowest BCUT2D eigenvalue weighted by Crippen LogP contribution is -2.31. The van der Waals surface area contributed by atoms with Crippen molar-refractivity contribution >= 4 is 27.2 Å². The van der Waals surface area contributed by atoms with E-state index in [4.69, 9.17) is 4.55 Å². The Morgan fingerprint density at radius 1 is 1.39 bits per heavy atom. The molecule has 2 aromatic rings. The molecule has 1 fully saturated rings. The van der Waals surface area contributed by atoms with Crippen LogP contribution in [0, 0.1) is 5.92 Å². The average Bonchev–Trinajstić information content (AvgIpc) is 3.07. The second-order valence-electron chi connectivity index (χ2n) is 5.71. The highest BCUT2D eigenvalue weighted by atomic mass is 32.2. The fourth-order valence-electron chi connectivity index (χ4n) is 3.20. The van der Waals surface area contributed by atoms with E-state index in [1.165, 1.54) is 6.33 Å². The Hall–Kier alpha value is -1.75. The number of anilines is 1. The molecule has 0 unspecified atom stereocenters. The molecule has 0 amide bonds. The molecule has 0 spiro atoms. The molecule has 3 atom stereocenters. The Bertz CT molecular complexity index is 806. The molecule has 0 bridgehead atoms. The minimum Gasteiger partial charge on any atom is -0.393 e. The molecular formula is C13H19N5O4S. The molecule has 0 aromatic carbocycles. The molecule has 4 N–H and O–H groups in total. The minimum atomic E-state index is -4.25. The Morgan fingerprint density at radius 2 is 2.17 bits per heavy atom. The Balaban J connectivity index is 1.81. The number of hydrogen-bond acceptors (Lipinski definition) is 6. The third kappa shape index (κ3) is 3.29. The SMILES string of the molecule is CNc1ncnc2c1ccn2[C@@H]1C[C@@H](CNS(=O)(=O)O)[C@@H](O)C1. The predicted octanol–water partition coefficient (Wildman–Crippen LogP) is 0.177. The van der Waals surface area contributed by atoms with Crippen molar-refractivity contribution in [2.45, 2.75) is 25.0 Å². The fraction of sp³-hybridized carbons (Fsp3) is 0.538. The first kappa shape index (κ1) is 16.1. The topological polar surface area (TPSA) is 129 Å². The molecule has 2 heterocycles. The van der Waals surface area contributed by atoms with Gasteiger partial charge in [-0.25, -0.2) is 9.97 Å². The number of fused-ring (bicyclic) bond motifs is 1. The summed E-state index contributed by atoms with van der Waals surface area (Å²) in [7, 11) is -2.46. The van der Waals surface area contributed by atoms with E-state index in [1.807, 2.05) is 21.6 Å². The number of aliphatic hydroxyl groups excluding tert-OH is 1. The van der Waals surface area contributed by atoms with E-state index >= 15 is 0 Å². The van der Waals surface area contributed by atoms with Gasteiger partial charge in [-0.05, 0) is 18.9 Å². The van der Waals surface area contributed by atoms with E-state index in [0.717, 1.165) is 16.9 Å². The summed E-state index contributed by atoms with van der Waals surface area (Å²) in [5.41, 5.74) is 0.768. The number of rotatable bonds is 5. The van der Waals surface area contributed by atoms with Crippen molar-refractivity contribution < 1.29 is 18.1 Å². The number of aromatic nitrogens is 3. The van der Waals surface area contributed by atoms with Gasteiger partial charge in [0.15, 0.2) is 0 Å². The molecule has 3 rings (SSSR count). The summed E-state index contributed by atoms with van der Waals surface area (Å²) in [6.07, 6.45) is 3.83. The number of nitrogens with one attached hydrogen (secondary N) is 2. The number of nitrogens with zero attached hydrogens (tertiary/aromatic N) is 3. The fourth-order valence-corrected chi connectivity index (χ4v) is 3.62. The third-order valence-corrected chi connectivity index (χ3v) is 4.83. The van der Waals surface area contributed by atoms with Crippen LogP contribution in [0.1, 0.15) is 18.9 Å². The van der Waals surface area contributed by atoms with E-state index in [9.17, 15) is 13.5 Å². The summed E-state index contributed by atoms with van der Waals surface area (Å²) in [5, 5.41) is 14.1. The van der Waals surface area contributed by atoms with E-state index < -0.39 is 16.4 Å². The quantitative estimate of drug-likeness (QED) is 0.571. The largest absolute Gasteiger partial charge is 0.393 e. The lowest BCUT2D eigenvalue weighted by atomic mass is 10.1. The van der Waals surface area contributed by atoms with Crippen LogP contribution >= 0.6 is 0 Å². The van der Waals surface area contributed by atoms with Crippen LogP contribution in [0.15, 0.2) is 18.6 Å². The molecule has 9 nitrogen and oxygen atoms in total. The maximum Gasteiger partial charge on any atom is 0.333 e. The standard InChI is InChI=1S/C13H19N5O4S/c1-14-12-10-2-3-18(13(10)16-7-15-12)9-4-8(11(19)5-9)6-17-23(20,21)22/h2-3,7-9,11,17,19H,4-6H2,1H3,(H,14,15,16)(H,20,21,22)/t8-,9+,11-/m0/s1. The Labute approximate surface area is 133 Å². The van der Waals surface area contributed by atoms with Crippen LogP contribution in [0.5, 0.6) is 0 Å². The maximum atomic E-state index is 10.8. The van der Waals surface area contributed by atoms with Crippen LogP contribution in [0.25, 0.3) is 11.0 Å². The molecule has 10 heteroatoms. The molecular weight excluding hydrogens is 322 g/mol. The molecule has 0 radical (unpaired) electrons. The molecule has 2 aromatic heterocycles. The van der Waals surface area contributed by atoms with Crippen molar-refractivity contribution in [3.63, 3.8) is 0 Å². The first-order chi connectivity index (χ1) is 10.9. The van der Waals surface area contributed by atoms with Crippen LogP contribution in [-0.2, 0) is 10.3 Å².